The highest BCUT2D eigenvalue weighted by Gasteiger charge is 2.25. The first-order valence-electron chi connectivity index (χ1n) is 7.28. The van der Waals surface area contributed by atoms with Crippen LogP contribution in [0.25, 0.3) is 0 Å². The molecule has 0 spiro atoms. The summed E-state index contributed by atoms with van der Waals surface area (Å²) in [5.74, 6) is 1.03. The number of hydrogen-bond donors (Lipinski definition) is 0. The molecule has 0 unspecified atom stereocenters. The summed E-state index contributed by atoms with van der Waals surface area (Å²) in [6, 6.07) is 17.0. The van der Waals surface area contributed by atoms with Crippen LogP contribution in [0.1, 0.15) is 19.4 Å². The lowest BCUT2D eigenvalue weighted by Crippen LogP contribution is -2.18. The zero-order valence-electron chi connectivity index (χ0n) is 13.4. The van der Waals surface area contributed by atoms with Crippen molar-refractivity contribution < 1.29 is 13.2 Å². The van der Waals surface area contributed by atoms with Gasteiger partial charge < -0.3 is 4.74 Å². The van der Waals surface area contributed by atoms with Gasteiger partial charge in [-0.1, -0.05) is 50.2 Å². The van der Waals surface area contributed by atoms with Crippen molar-refractivity contribution in [3.8, 4) is 5.75 Å². The second-order valence-electron chi connectivity index (χ2n) is 5.25. The van der Waals surface area contributed by atoms with Crippen LogP contribution < -0.4 is 4.74 Å². The van der Waals surface area contributed by atoms with Crippen LogP contribution in [0.15, 0.2) is 59.6 Å². The van der Waals surface area contributed by atoms with Crippen LogP contribution >= 0.6 is 0 Å². The van der Waals surface area contributed by atoms with E-state index in [1.807, 2.05) is 62.4 Å². The molecular formula is C18H19NO3S. The lowest BCUT2D eigenvalue weighted by Gasteiger charge is -2.02. The molecule has 1 heterocycles. The lowest BCUT2D eigenvalue weighted by atomic mass is 10.0. The highest BCUT2D eigenvalue weighted by Crippen LogP contribution is 2.28. The zero-order chi connectivity index (χ0) is 16.8. The van der Waals surface area contributed by atoms with E-state index in [-0.39, 0.29) is 5.92 Å². The molecule has 0 saturated heterocycles. The molecule has 1 aliphatic heterocycles. The number of benzene rings is 2. The summed E-state index contributed by atoms with van der Waals surface area (Å²) in [6.07, 6.45) is 0. The van der Waals surface area contributed by atoms with Crippen molar-refractivity contribution in [3.05, 3.63) is 60.2 Å². The molecule has 2 aromatic carbocycles. The fraction of sp³-hybridized carbons (Fsp3) is 0.222. The minimum atomic E-state index is -2.22. The Kier molecular flexibility index (Phi) is 5.71. The van der Waals surface area contributed by atoms with Gasteiger partial charge in [0.15, 0.2) is 0 Å². The van der Waals surface area contributed by atoms with Crippen LogP contribution in [0.2, 0.25) is 0 Å². The maximum atomic E-state index is 11.2. The molecular weight excluding hydrogens is 310 g/mol. The number of hydrogen-bond acceptors (Lipinski definition) is 4. The van der Waals surface area contributed by atoms with Gasteiger partial charge in [-0.05, 0) is 24.1 Å². The quantitative estimate of drug-likeness (QED) is 0.792. The number of fused-ring (bicyclic) bond motifs is 1. The summed E-state index contributed by atoms with van der Waals surface area (Å²) in [4.78, 5) is 4.69. The van der Waals surface area contributed by atoms with Crippen LogP contribution in [0, 0.1) is 5.92 Å². The summed E-state index contributed by atoms with van der Waals surface area (Å²) in [5.41, 5.74) is 2.12. The summed E-state index contributed by atoms with van der Waals surface area (Å²) in [6.45, 7) is 3.88. The number of nitrogens with zero attached hydrogens (tertiary/aromatic N) is 1. The number of aliphatic imine (C=N–C) groups is 1. The average Bonchev–Trinajstić information content (AvgIpc) is 2.96. The van der Waals surface area contributed by atoms with Gasteiger partial charge in [0.1, 0.15) is 10.6 Å². The predicted molar refractivity (Wildman–Crippen MR) is 94.4 cm³/mol. The van der Waals surface area contributed by atoms with Gasteiger partial charge in [-0.15, -0.1) is 0 Å². The SMILES string of the molecule is CC(C)C1=Nc2ccccc2C1=S(=O)=O.COc1ccccc1. The molecule has 3 rings (SSSR count). The van der Waals surface area contributed by atoms with Crippen molar-refractivity contribution in [3.63, 3.8) is 0 Å². The molecule has 120 valence electrons. The van der Waals surface area contributed by atoms with Gasteiger partial charge in [0.05, 0.1) is 18.5 Å². The number of rotatable bonds is 2. The van der Waals surface area contributed by atoms with Gasteiger partial charge in [-0.2, -0.15) is 8.42 Å². The van der Waals surface area contributed by atoms with E-state index in [1.165, 1.54) is 0 Å². The van der Waals surface area contributed by atoms with E-state index in [0.29, 0.717) is 10.6 Å². The highest BCUT2D eigenvalue weighted by molar-refractivity contribution is 7.75. The molecule has 0 fully saturated rings. The Bertz CT molecular complexity index is 830. The van der Waals surface area contributed by atoms with E-state index >= 15 is 0 Å². The Morgan fingerprint density at radius 3 is 2.09 bits per heavy atom. The van der Waals surface area contributed by atoms with Crippen LogP contribution in [0.4, 0.5) is 5.69 Å². The monoisotopic (exact) mass is 329 g/mol. The fourth-order valence-electron chi connectivity index (χ4n) is 2.20. The molecule has 0 aromatic heterocycles. The predicted octanol–water partition coefficient (Wildman–Crippen LogP) is 3.52. The Hall–Kier alpha value is -2.40. The van der Waals surface area contributed by atoms with Gasteiger partial charge in [-0.3, -0.25) is 4.99 Å². The van der Waals surface area contributed by atoms with Crippen molar-refractivity contribution in [1.29, 1.82) is 0 Å². The maximum absolute atomic E-state index is 11.2. The molecule has 2 aromatic rings. The van der Waals surface area contributed by atoms with Gasteiger partial charge in [0, 0.05) is 5.56 Å². The summed E-state index contributed by atoms with van der Waals surface area (Å²) in [7, 11) is -0.555. The summed E-state index contributed by atoms with van der Waals surface area (Å²) >= 11 is 0. The van der Waals surface area contributed by atoms with E-state index in [9.17, 15) is 8.42 Å². The minimum absolute atomic E-state index is 0.116. The number of para-hydroxylation sites is 2. The first-order valence-corrected chi connectivity index (χ1v) is 8.35. The third-order valence-electron chi connectivity index (χ3n) is 3.31. The molecule has 1 aliphatic rings. The maximum Gasteiger partial charge on any atom is 0.224 e. The zero-order valence-corrected chi connectivity index (χ0v) is 14.2. The van der Waals surface area contributed by atoms with Crippen molar-refractivity contribution >= 4 is 26.6 Å². The fourth-order valence-corrected chi connectivity index (χ4v) is 3.01. The molecule has 0 aliphatic carbocycles. The summed E-state index contributed by atoms with van der Waals surface area (Å²) < 4.78 is 27.2. The molecule has 0 bridgehead atoms. The van der Waals surface area contributed by atoms with Crippen LogP contribution in [-0.2, 0) is 10.3 Å². The Morgan fingerprint density at radius 2 is 1.57 bits per heavy atom. The first-order chi connectivity index (χ1) is 11.0. The molecule has 4 nitrogen and oxygen atoms in total. The smallest absolute Gasteiger partial charge is 0.224 e. The number of methoxy groups -OCH3 is 1. The molecule has 0 atom stereocenters. The molecule has 0 N–H and O–H groups in total. The van der Waals surface area contributed by atoms with E-state index in [1.54, 1.807) is 13.2 Å². The highest BCUT2D eigenvalue weighted by atomic mass is 32.2. The third kappa shape index (κ3) is 4.07. The normalized spacial score (nSPS) is 12.2. The van der Waals surface area contributed by atoms with Crippen LogP contribution in [0.3, 0.4) is 0 Å². The van der Waals surface area contributed by atoms with Crippen molar-refractivity contribution in [2.24, 2.45) is 10.9 Å². The summed E-state index contributed by atoms with van der Waals surface area (Å²) in [5, 5.41) is 0. The Morgan fingerprint density at radius 1 is 0.957 bits per heavy atom. The molecule has 5 heteroatoms. The van der Waals surface area contributed by atoms with Crippen molar-refractivity contribution in [2.75, 3.05) is 7.11 Å². The molecule has 0 radical (unpaired) electrons. The van der Waals surface area contributed by atoms with E-state index in [2.05, 4.69) is 4.99 Å². The van der Waals surface area contributed by atoms with Gasteiger partial charge in [0.2, 0.25) is 10.3 Å². The third-order valence-corrected chi connectivity index (χ3v) is 4.08. The topological polar surface area (TPSA) is 55.7 Å². The molecule has 0 saturated carbocycles. The van der Waals surface area contributed by atoms with E-state index in [0.717, 1.165) is 17.0 Å². The van der Waals surface area contributed by atoms with Gasteiger partial charge in [-0.25, -0.2) is 0 Å². The van der Waals surface area contributed by atoms with Gasteiger partial charge in [0.25, 0.3) is 0 Å². The Balaban J connectivity index is 0.000000203. The van der Waals surface area contributed by atoms with Crippen molar-refractivity contribution in [1.82, 2.24) is 0 Å². The lowest BCUT2D eigenvalue weighted by molar-refractivity contribution is 0.415. The second-order valence-corrected chi connectivity index (χ2v) is 6.13. The molecule has 23 heavy (non-hydrogen) atoms. The first kappa shape index (κ1) is 17.0. The van der Waals surface area contributed by atoms with Crippen LogP contribution in [0.5, 0.6) is 5.75 Å². The number of ether oxygens (including phenoxy) is 1. The van der Waals surface area contributed by atoms with Crippen LogP contribution in [-0.4, -0.2) is 26.1 Å². The van der Waals surface area contributed by atoms with Crippen molar-refractivity contribution in [2.45, 2.75) is 13.8 Å². The van der Waals surface area contributed by atoms with E-state index < -0.39 is 10.3 Å². The Labute approximate surface area is 138 Å². The largest absolute Gasteiger partial charge is 0.497 e. The minimum Gasteiger partial charge on any atom is -0.497 e. The van der Waals surface area contributed by atoms with E-state index in [4.69, 9.17) is 4.74 Å². The average molecular weight is 329 g/mol. The van der Waals surface area contributed by atoms with Gasteiger partial charge >= 0.3 is 0 Å². The second kappa shape index (κ2) is 7.74. The molecule has 0 amide bonds. The standard InChI is InChI=1S/C11H11NO2S.C7H8O/c1-7(2)10-11(15(13)14)8-5-3-4-6-9(8)12-10;1-8-7-5-3-2-4-6-7/h3-7H,1-2H3;2-6H,1H3.